The van der Waals surface area contributed by atoms with Gasteiger partial charge in [0, 0.05) is 0 Å². The molecule has 2 aromatic carbocycles. The van der Waals surface area contributed by atoms with Crippen molar-refractivity contribution in [1.82, 2.24) is 15.6 Å². The van der Waals surface area contributed by atoms with E-state index in [-0.39, 0.29) is 12.3 Å². The van der Waals surface area contributed by atoms with Gasteiger partial charge in [0.1, 0.15) is 29.7 Å². The quantitative estimate of drug-likeness (QED) is 0.161. The largest absolute Gasteiger partial charge is 0.494 e. The van der Waals surface area contributed by atoms with Gasteiger partial charge in [0.05, 0.1) is 26.4 Å². The zero-order valence-corrected chi connectivity index (χ0v) is 22.0. The third kappa shape index (κ3) is 9.96. The first-order valence-electron chi connectivity index (χ1n) is 12.1. The Labute approximate surface area is 220 Å². The van der Waals surface area contributed by atoms with Crippen LogP contribution in [0.15, 0.2) is 47.6 Å². The van der Waals surface area contributed by atoms with Crippen molar-refractivity contribution in [1.29, 1.82) is 0 Å². The number of carbonyl (C=O) groups is 1. The average Bonchev–Trinajstić information content (AvgIpc) is 3.31. The smallest absolute Gasteiger partial charge is 0.247 e. The van der Waals surface area contributed by atoms with Crippen molar-refractivity contribution >= 4 is 28.6 Å². The summed E-state index contributed by atoms with van der Waals surface area (Å²) in [5.41, 5.74) is 8.70. The van der Waals surface area contributed by atoms with Gasteiger partial charge < -0.3 is 24.7 Å². The van der Waals surface area contributed by atoms with Crippen LogP contribution in [0.2, 0.25) is 0 Å². The maximum atomic E-state index is 11.9. The normalized spacial score (nSPS) is 10.9. The molecule has 0 aliphatic rings. The number of benzene rings is 2. The summed E-state index contributed by atoms with van der Waals surface area (Å²) in [6, 6.07) is 12.9. The van der Waals surface area contributed by atoms with Gasteiger partial charge in [-0.2, -0.15) is 5.10 Å². The summed E-state index contributed by atoms with van der Waals surface area (Å²) in [5, 5.41) is 12.3. The van der Waals surface area contributed by atoms with Crippen molar-refractivity contribution in [3.05, 3.63) is 53.0 Å². The Balaban J connectivity index is 1.38. The number of nitrogens with two attached hydrogens (primary N) is 1. The zero-order valence-electron chi connectivity index (χ0n) is 21.1. The maximum absolute atomic E-state index is 11.9. The summed E-state index contributed by atoms with van der Waals surface area (Å²) in [7, 11) is 1.56. The van der Waals surface area contributed by atoms with E-state index in [2.05, 4.69) is 27.6 Å². The van der Waals surface area contributed by atoms with Crippen molar-refractivity contribution < 1.29 is 23.7 Å². The number of nitrogens with one attached hydrogen (secondary N) is 1. The van der Waals surface area contributed by atoms with Crippen LogP contribution in [0.1, 0.15) is 43.2 Å². The summed E-state index contributed by atoms with van der Waals surface area (Å²) in [6.07, 6.45) is 6.29. The molecule has 0 spiro atoms. The van der Waals surface area contributed by atoms with E-state index >= 15 is 0 Å². The first-order valence-corrected chi connectivity index (χ1v) is 12.9. The molecule has 3 N–H and O–H groups in total. The average molecular weight is 528 g/mol. The van der Waals surface area contributed by atoms with E-state index in [1.807, 2.05) is 24.3 Å². The molecule has 0 bridgehead atoms. The van der Waals surface area contributed by atoms with Gasteiger partial charge in [0.25, 0.3) is 0 Å². The standard InChI is InChI=1S/C26H33N5O5S/c1-3-4-5-6-13-34-20-8-10-21(11-9-20)35-14-15-36-22-12-7-19(16-23(22)33-2)18-28-29-24(32)17-25-30-31-26(27)37-25/h7-12,16,18H,3-6,13-15,17H2,1-2H3,(H2,27,31)(H,29,32). The highest BCUT2D eigenvalue weighted by Crippen LogP contribution is 2.27. The summed E-state index contributed by atoms with van der Waals surface area (Å²) < 4.78 is 22.8. The molecular weight excluding hydrogens is 494 g/mol. The van der Waals surface area contributed by atoms with Gasteiger partial charge in [-0.3, -0.25) is 4.79 Å². The molecule has 0 saturated carbocycles. The molecule has 0 atom stereocenters. The molecular formula is C26H33N5O5S. The van der Waals surface area contributed by atoms with Crippen LogP contribution in [-0.2, 0) is 11.2 Å². The van der Waals surface area contributed by atoms with Gasteiger partial charge in [0.15, 0.2) is 11.5 Å². The van der Waals surface area contributed by atoms with Crippen LogP contribution in [0.4, 0.5) is 5.13 Å². The Kier molecular flexibility index (Phi) is 11.5. The minimum Gasteiger partial charge on any atom is -0.494 e. The highest BCUT2D eigenvalue weighted by Gasteiger charge is 2.08. The van der Waals surface area contributed by atoms with Crippen LogP contribution in [-0.4, -0.2) is 49.2 Å². The Morgan fingerprint density at radius 3 is 2.38 bits per heavy atom. The van der Waals surface area contributed by atoms with Crippen LogP contribution in [0, 0.1) is 0 Å². The third-order valence-electron chi connectivity index (χ3n) is 5.08. The maximum Gasteiger partial charge on any atom is 0.247 e. The minimum absolute atomic E-state index is 0.0570. The van der Waals surface area contributed by atoms with Crippen molar-refractivity contribution in [3.8, 4) is 23.0 Å². The summed E-state index contributed by atoms with van der Waals surface area (Å²) in [5.74, 6) is 2.39. The second-order valence-electron chi connectivity index (χ2n) is 7.99. The fourth-order valence-electron chi connectivity index (χ4n) is 3.24. The van der Waals surface area contributed by atoms with Crippen molar-refractivity contribution in [2.75, 3.05) is 32.7 Å². The lowest BCUT2D eigenvalue weighted by molar-refractivity contribution is -0.120. The number of nitrogen functional groups attached to an aromatic ring is 1. The number of amides is 1. The number of hydrogen-bond donors (Lipinski definition) is 2. The number of aromatic nitrogens is 2. The molecule has 0 radical (unpaired) electrons. The van der Waals surface area contributed by atoms with E-state index in [0.717, 1.165) is 41.4 Å². The Morgan fingerprint density at radius 1 is 0.973 bits per heavy atom. The first-order chi connectivity index (χ1) is 18.1. The predicted molar refractivity (Wildman–Crippen MR) is 144 cm³/mol. The van der Waals surface area contributed by atoms with Crippen molar-refractivity contribution in [3.63, 3.8) is 0 Å². The SMILES string of the molecule is CCCCCCOc1ccc(OCCOc2ccc(C=NNC(=O)Cc3nnc(N)s3)cc2OC)cc1. The number of nitrogens with zero attached hydrogens (tertiary/aromatic N) is 3. The van der Waals surface area contributed by atoms with Gasteiger partial charge >= 0.3 is 0 Å². The van der Waals surface area contributed by atoms with Gasteiger partial charge in [-0.05, 0) is 54.4 Å². The van der Waals surface area contributed by atoms with E-state index in [4.69, 9.17) is 24.7 Å². The van der Waals surface area contributed by atoms with Crippen LogP contribution in [0.25, 0.3) is 0 Å². The zero-order chi connectivity index (χ0) is 26.3. The van der Waals surface area contributed by atoms with E-state index in [1.165, 1.54) is 25.5 Å². The number of methoxy groups -OCH3 is 1. The van der Waals surface area contributed by atoms with Crippen LogP contribution < -0.4 is 30.1 Å². The molecule has 0 fully saturated rings. The van der Waals surface area contributed by atoms with Gasteiger partial charge in [-0.25, -0.2) is 5.43 Å². The first kappa shape index (κ1) is 27.7. The molecule has 0 aliphatic carbocycles. The lowest BCUT2D eigenvalue weighted by atomic mass is 10.2. The highest BCUT2D eigenvalue weighted by atomic mass is 32.1. The van der Waals surface area contributed by atoms with Crippen LogP contribution in [0.5, 0.6) is 23.0 Å². The van der Waals surface area contributed by atoms with Crippen LogP contribution >= 0.6 is 11.3 Å². The number of ether oxygens (including phenoxy) is 4. The second kappa shape index (κ2) is 15.3. The second-order valence-corrected chi connectivity index (χ2v) is 9.09. The molecule has 198 valence electrons. The highest BCUT2D eigenvalue weighted by molar-refractivity contribution is 7.15. The number of carbonyl (C=O) groups excluding carboxylic acids is 1. The Morgan fingerprint density at radius 2 is 1.70 bits per heavy atom. The predicted octanol–water partition coefficient (Wildman–Crippen LogP) is 4.24. The molecule has 1 heterocycles. The number of hydrogen-bond acceptors (Lipinski definition) is 10. The third-order valence-corrected chi connectivity index (χ3v) is 5.84. The number of rotatable bonds is 16. The molecule has 37 heavy (non-hydrogen) atoms. The fourth-order valence-corrected chi connectivity index (χ4v) is 3.85. The van der Waals surface area contributed by atoms with Gasteiger partial charge in [-0.1, -0.05) is 37.5 Å². The van der Waals surface area contributed by atoms with Crippen molar-refractivity contribution in [2.24, 2.45) is 5.10 Å². The van der Waals surface area contributed by atoms with E-state index < -0.39 is 0 Å². The fraction of sp³-hybridized carbons (Fsp3) is 0.385. The Hall–Kier alpha value is -3.86. The molecule has 1 aromatic heterocycles. The summed E-state index contributed by atoms with van der Waals surface area (Å²) >= 11 is 1.16. The van der Waals surface area contributed by atoms with Gasteiger partial charge in [-0.15, -0.1) is 10.2 Å². The molecule has 11 heteroatoms. The Bertz CT molecular complexity index is 1140. The van der Waals surface area contributed by atoms with Crippen LogP contribution in [0.3, 0.4) is 0 Å². The molecule has 0 unspecified atom stereocenters. The molecule has 3 rings (SSSR count). The molecule has 1 amide bonds. The topological polar surface area (TPSA) is 130 Å². The number of unbranched alkanes of at least 4 members (excludes halogenated alkanes) is 3. The molecule has 0 aliphatic heterocycles. The van der Waals surface area contributed by atoms with E-state index in [1.54, 1.807) is 25.3 Å². The monoisotopic (exact) mass is 527 g/mol. The lowest BCUT2D eigenvalue weighted by Gasteiger charge is -2.12. The lowest BCUT2D eigenvalue weighted by Crippen LogP contribution is -2.19. The molecule has 3 aromatic rings. The van der Waals surface area contributed by atoms with Crippen molar-refractivity contribution in [2.45, 2.75) is 39.0 Å². The molecule has 10 nitrogen and oxygen atoms in total. The van der Waals surface area contributed by atoms with Gasteiger partial charge in [0.2, 0.25) is 11.0 Å². The summed E-state index contributed by atoms with van der Waals surface area (Å²) in [6.45, 7) is 3.64. The molecule has 0 saturated heterocycles. The number of hydrazone groups is 1. The van der Waals surface area contributed by atoms with E-state index in [0.29, 0.717) is 34.9 Å². The summed E-state index contributed by atoms with van der Waals surface area (Å²) in [4.78, 5) is 11.9. The number of anilines is 1. The van der Waals surface area contributed by atoms with E-state index in [9.17, 15) is 4.79 Å². The minimum atomic E-state index is -0.316.